The minimum atomic E-state index is -2.11. The summed E-state index contributed by atoms with van der Waals surface area (Å²) in [5, 5.41) is 6.89. The van der Waals surface area contributed by atoms with Gasteiger partial charge in [-0.15, -0.1) is 0 Å². The highest BCUT2D eigenvalue weighted by molar-refractivity contribution is 7.95. The second-order valence-corrected chi connectivity index (χ2v) is 20.4. The van der Waals surface area contributed by atoms with Gasteiger partial charge in [0.15, 0.2) is 0 Å². The summed E-state index contributed by atoms with van der Waals surface area (Å²) in [6.45, 7) is -1.04. The van der Waals surface area contributed by atoms with E-state index in [4.69, 9.17) is 14.2 Å². The Morgan fingerprint density at radius 1 is 0.379 bits per heavy atom. The molecule has 0 aliphatic heterocycles. The van der Waals surface area contributed by atoms with Crippen molar-refractivity contribution < 1.29 is 33.4 Å². The highest BCUT2D eigenvalue weighted by Crippen LogP contribution is 2.56. The van der Waals surface area contributed by atoms with Crippen LogP contribution in [-0.2, 0) is 52.7 Å². The van der Waals surface area contributed by atoms with Gasteiger partial charge in [-0.05, 0) is 104 Å². The molecule has 342 valence electrons. The molecule has 66 heavy (non-hydrogen) atoms. The zero-order valence-corrected chi connectivity index (χ0v) is 38.8. The number of amides is 1. The van der Waals surface area contributed by atoms with Gasteiger partial charge in [-0.3, -0.25) is 19.2 Å². The van der Waals surface area contributed by atoms with E-state index < -0.39 is 30.7 Å². The standard InChI is InChI=1S/C57H62NO7P/c59-53(39-19-20-43-66(50-33-13-4-14-34-50,51-35-15-5-16-36-51)52-37-17-6-18-38-52)58-57(44-63-54(60)40-21-30-47-24-7-1-8-25-47,45-64-55(61)41-22-31-48-26-9-2-10-27-48)46-65-56(62)42-23-32-49-28-11-3-12-29-49/h1-18,24-29,33-38H,19-23,30-32,39-46H2/p+1. The predicted molar refractivity (Wildman–Crippen MR) is 266 cm³/mol. The van der Waals surface area contributed by atoms with E-state index in [9.17, 15) is 19.2 Å². The zero-order valence-electron chi connectivity index (χ0n) is 37.9. The average molecular weight is 905 g/mol. The van der Waals surface area contributed by atoms with Crippen LogP contribution in [0.3, 0.4) is 0 Å². The van der Waals surface area contributed by atoms with Crippen molar-refractivity contribution in [3.8, 4) is 0 Å². The monoisotopic (exact) mass is 904 g/mol. The molecule has 6 aromatic rings. The fourth-order valence-corrected chi connectivity index (χ4v) is 12.6. The summed E-state index contributed by atoms with van der Waals surface area (Å²) in [5.74, 6) is -1.71. The fourth-order valence-electron chi connectivity index (χ4n) is 8.22. The van der Waals surface area contributed by atoms with Gasteiger partial charge in [0.05, 0.1) is 6.16 Å². The van der Waals surface area contributed by atoms with Gasteiger partial charge in [0.2, 0.25) is 5.91 Å². The van der Waals surface area contributed by atoms with Crippen LogP contribution >= 0.6 is 7.26 Å². The molecule has 0 atom stereocenters. The van der Waals surface area contributed by atoms with E-state index in [1.165, 1.54) is 15.9 Å². The molecule has 0 aliphatic carbocycles. The van der Waals surface area contributed by atoms with E-state index in [1.807, 2.05) is 109 Å². The first-order valence-corrected chi connectivity index (χ1v) is 25.3. The predicted octanol–water partition coefficient (Wildman–Crippen LogP) is 9.70. The lowest BCUT2D eigenvalue weighted by molar-refractivity contribution is -0.159. The summed E-state index contributed by atoms with van der Waals surface area (Å²) in [6.07, 6.45) is 6.52. The minimum Gasteiger partial charge on any atom is -0.463 e. The number of carbonyl (C=O) groups excluding carboxylic acids is 4. The first-order chi connectivity index (χ1) is 32.3. The molecule has 1 N–H and O–H groups in total. The Morgan fingerprint density at radius 3 is 1.00 bits per heavy atom. The van der Waals surface area contributed by atoms with Crippen LogP contribution in [0.25, 0.3) is 0 Å². The third-order valence-electron chi connectivity index (χ3n) is 11.7. The van der Waals surface area contributed by atoms with Crippen LogP contribution in [0.2, 0.25) is 0 Å². The summed E-state index contributed by atoms with van der Waals surface area (Å²) in [6, 6.07) is 61.6. The first-order valence-electron chi connectivity index (χ1n) is 23.3. The number of aryl methyl sites for hydroxylation is 3. The maximum Gasteiger partial charge on any atom is 0.305 e. The van der Waals surface area contributed by atoms with Crippen LogP contribution in [-0.4, -0.2) is 55.3 Å². The van der Waals surface area contributed by atoms with Crippen molar-refractivity contribution in [1.82, 2.24) is 5.32 Å². The Morgan fingerprint density at radius 2 is 0.682 bits per heavy atom. The zero-order chi connectivity index (χ0) is 46.1. The molecule has 0 bridgehead atoms. The first kappa shape index (κ1) is 49.1. The number of carbonyl (C=O) groups is 4. The Hall–Kier alpha value is -6.37. The van der Waals surface area contributed by atoms with Gasteiger partial charge in [-0.1, -0.05) is 146 Å². The number of unbranched alkanes of at least 4 members (excludes halogenated alkanes) is 1. The number of rotatable bonds is 27. The number of hydrogen-bond donors (Lipinski definition) is 1. The number of ether oxygens (including phenoxy) is 3. The summed E-state index contributed by atoms with van der Waals surface area (Å²) < 4.78 is 17.6. The van der Waals surface area contributed by atoms with Gasteiger partial charge >= 0.3 is 17.9 Å². The molecule has 0 radical (unpaired) electrons. The van der Waals surface area contributed by atoms with Crippen LogP contribution in [0.5, 0.6) is 0 Å². The van der Waals surface area contributed by atoms with Crippen molar-refractivity contribution in [3.63, 3.8) is 0 Å². The van der Waals surface area contributed by atoms with Crippen molar-refractivity contribution in [2.24, 2.45) is 0 Å². The van der Waals surface area contributed by atoms with Crippen molar-refractivity contribution in [2.45, 2.75) is 82.6 Å². The molecule has 6 aromatic carbocycles. The summed E-state index contributed by atoms with van der Waals surface area (Å²) in [7, 11) is -2.11. The van der Waals surface area contributed by atoms with Gasteiger partial charge in [-0.2, -0.15) is 0 Å². The molecule has 0 spiro atoms. The van der Waals surface area contributed by atoms with Crippen LogP contribution in [0.15, 0.2) is 182 Å². The van der Waals surface area contributed by atoms with Crippen LogP contribution < -0.4 is 21.2 Å². The largest absolute Gasteiger partial charge is 0.463 e. The Kier molecular flexibility index (Phi) is 19.7. The summed E-state index contributed by atoms with van der Waals surface area (Å²) in [4.78, 5) is 54.1. The van der Waals surface area contributed by atoms with E-state index in [0.29, 0.717) is 44.9 Å². The number of esters is 3. The van der Waals surface area contributed by atoms with Gasteiger partial charge < -0.3 is 19.5 Å². The van der Waals surface area contributed by atoms with Crippen molar-refractivity contribution in [3.05, 3.63) is 199 Å². The maximum absolute atomic E-state index is 14.2. The Balaban J connectivity index is 1.17. The fraction of sp³-hybridized carbons (Fsp3) is 0.298. The number of benzene rings is 6. The van der Waals surface area contributed by atoms with Gasteiger partial charge in [0.25, 0.3) is 0 Å². The van der Waals surface area contributed by atoms with Crippen LogP contribution in [0, 0.1) is 0 Å². The highest BCUT2D eigenvalue weighted by atomic mass is 31.2. The number of hydrogen-bond acceptors (Lipinski definition) is 7. The van der Waals surface area contributed by atoms with E-state index >= 15 is 0 Å². The molecule has 9 heteroatoms. The topological polar surface area (TPSA) is 108 Å². The molecule has 0 saturated carbocycles. The lowest BCUT2D eigenvalue weighted by Crippen LogP contribution is -2.59. The molecule has 0 saturated heterocycles. The molecule has 1 amide bonds. The highest BCUT2D eigenvalue weighted by Gasteiger charge is 2.44. The summed E-state index contributed by atoms with van der Waals surface area (Å²) in [5.41, 5.74) is 1.81. The van der Waals surface area contributed by atoms with Crippen LogP contribution in [0.4, 0.5) is 0 Å². The molecule has 0 fully saturated rings. The van der Waals surface area contributed by atoms with Crippen LogP contribution in [0.1, 0.15) is 74.5 Å². The molecule has 6 rings (SSSR count). The minimum absolute atomic E-state index is 0.145. The van der Waals surface area contributed by atoms with E-state index in [1.54, 1.807) is 0 Å². The Bertz CT molecular complexity index is 2100. The molecule has 0 aliphatic rings. The molecule has 0 unspecified atom stereocenters. The number of nitrogens with one attached hydrogen (secondary N) is 1. The van der Waals surface area contributed by atoms with Gasteiger partial charge in [0.1, 0.15) is 48.5 Å². The van der Waals surface area contributed by atoms with E-state index in [2.05, 4.69) is 78.1 Å². The lowest BCUT2D eigenvalue weighted by atomic mass is 10.0. The summed E-state index contributed by atoms with van der Waals surface area (Å²) >= 11 is 0. The second-order valence-electron chi connectivity index (χ2n) is 16.8. The molecule has 0 heterocycles. The average Bonchev–Trinajstić information content (AvgIpc) is 3.36. The molecular weight excluding hydrogens is 842 g/mol. The SMILES string of the molecule is O=C(CCCC[P+](c1ccccc1)(c1ccccc1)c1ccccc1)NC(COC(=O)CCCc1ccccc1)(COC(=O)CCCc1ccccc1)COC(=O)CCCc1ccccc1. The van der Waals surface area contributed by atoms with E-state index in [-0.39, 0.29) is 51.4 Å². The lowest BCUT2D eigenvalue weighted by Gasteiger charge is -2.33. The quantitative estimate of drug-likeness (QED) is 0.0238. The normalized spacial score (nSPS) is 11.3. The maximum atomic E-state index is 14.2. The second kappa shape index (κ2) is 26.6. The van der Waals surface area contributed by atoms with Crippen molar-refractivity contribution in [2.75, 3.05) is 26.0 Å². The van der Waals surface area contributed by atoms with Gasteiger partial charge in [0, 0.05) is 25.7 Å². The third-order valence-corrected chi connectivity index (χ3v) is 16.3. The van der Waals surface area contributed by atoms with Gasteiger partial charge in [-0.25, -0.2) is 0 Å². The Labute approximate surface area is 391 Å². The van der Waals surface area contributed by atoms with Crippen molar-refractivity contribution >= 4 is 47.0 Å². The molecular formula is C57H63NO7P+. The molecule has 8 nitrogen and oxygen atoms in total. The molecule has 0 aromatic heterocycles. The smallest absolute Gasteiger partial charge is 0.305 e. The van der Waals surface area contributed by atoms with Crippen molar-refractivity contribution in [1.29, 1.82) is 0 Å². The van der Waals surface area contributed by atoms with E-state index in [0.717, 1.165) is 29.3 Å². The third kappa shape index (κ3) is 15.7.